The van der Waals surface area contributed by atoms with Crippen molar-refractivity contribution in [2.24, 2.45) is 0 Å². The van der Waals surface area contributed by atoms with Crippen LogP contribution < -0.4 is 5.32 Å². The van der Waals surface area contributed by atoms with Crippen molar-refractivity contribution in [3.63, 3.8) is 0 Å². The Morgan fingerprint density at radius 2 is 1.70 bits per heavy atom. The van der Waals surface area contributed by atoms with Crippen molar-refractivity contribution in [3.05, 3.63) is 70.9 Å². The number of hydrogen-bond acceptors (Lipinski definition) is 4. The first-order valence-electron chi connectivity index (χ1n) is 6.10. The molecule has 0 unspecified atom stereocenters. The number of nitro groups is 1. The molecule has 0 aliphatic carbocycles. The minimum absolute atomic E-state index is 0.0347. The summed E-state index contributed by atoms with van der Waals surface area (Å²) < 4.78 is 0. The van der Waals surface area contributed by atoms with Crippen molar-refractivity contribution in [2.75, 3.05) is 5.32 Å². The Bertz CT molecular complexity index is 772. The Kier molecular flexibility index (Phi) is 3.01. The van der Waals surface area contributed by atoms with Crippen molar-refractivity contribution in [1.82, 2.24) is 4.98 Å². The highest BCUT2D eigenvalue weighted by Crippen LogP contribution is 2.33. The monoisotopic (exact) mass is 265 g/mol. The van der Waals surface area contributed by atoms with Crippen LogP contribution in [0.25, 0.3) is 10.9 Å². The topological polar surface area (TPSA) is 68.1 Å². The van der Waals surface area contributed by atoms with E-state index in [-0.39, 0.29) is 5.69 Å². The van der Waals surface area contributed by atoms with Crippen LogP contribution in [0, 0.1) is 10.1 Å². The molecule has 0 atom stereocenters. The molecule has 0 bridgehead atoms. The fourth-order valence-electron chi connectivity index (χ4n) is 2.07. The summed E-state index contributed by atoms with van der Waals surface area (Å²) in [6.07, 6.45) is 1.29. The van der Waals surface area contributed by atoms with Gasteiger partial charge in [-0.15, -0.1) is 0 Å². The first-order chi connectivity index (χ1) is 9.75. The molecule has 1 heterocycles. The van der Waals surface area contributed by atoms with E-state index in [0.29, 0.717) is 5.69 Å². The number of rotatable bonds is 3. The zero-order valence-corrected chi connectivity index (χ0v) is 10.5. The zero-order chi connectivity index (χ0) is 13.9. The van der Waals surface area contributed by atoms with Gasteiger partial charge in [-0.2, -0.15) is 0 Å². The van der Waals surface area contributed by atoms with Gasteiger partial charge >= 0.3 is 5.69 Å². The number of para-hydroxylation sites is 2. The number of nitrogens with one attached hydrogen (secondary N) is 1. The Labute approximate surface area is 115 Å². The molecule has 5 nitrogen and oxygen atoms in total. The number of pyridine rings is 1. The molecule has 98 valence electrons. The average Bonchev–Trinajstić information content (AvgIpc) is 2.48. The molecule has 0 aliphatic rings. The van der Waals surface area contributed by atoms with Crippen molar-refractivity contribution in [3.8, 4) is 0 Å². The predicted octanol–water partition coefficient (Wildman–Crippen LogP) is 3.89. The van der Waals surface area contributed by atoms with E-state index >= 15 is 0 Å². The summed E-state index contributed by atoms with van der Waals surface area (Å²) in [6, 6.07) is 16.7. The molecule has 3 aromatic rings. The van der Waals surface area contributed by atoms with Gasteiger partial charge in [-0.05, 0) is 18.2 Å². The van der Waals surface area contributed by atoms with Crippen LogP contribution in [0.2, 0.25) is 0 Å². The summed E-state index contributed by atoms with van der Waals surface area (Å²) in [5.41, 5.74) is 1.95. The van der Waals surface area contributed by atoms with Gasteiger partial charge in [0.15, 0.2) is 0 Å². The summed E-state index contributed by atoms with van der Waals surface area (Å²) in [7, 11) is 0. The van der Waals surface area contributed by atoms with Gasteiger partial charge in [0.05, 0.1) is 10.4 Å². The summed E-state index contributed by atoms with van der Waals surface area (Å²) in [5, 5.41) is 15.0. The molecular formula is C15H11N3O2. The molecule has 0 spiro atoms. The fraction of sp³-hybridized carbons (Fsp3) is 0. The zero-order valence-electron chi connectivity index (χ0n) is 10.5. The van der Waals surface area contributed by atoms with Gasteiger partial charge in [-0.1, -0.05) is 36.4 Å². The number of nitrogens with zero attached hydrogens (tertiary/aromatic N) is 2. The smallest absolute Gasteiger partial charge is 0.311 e. The van der Waals surface area contributed by atoms with Crippen LogP contribution in [-0.2, 0) is 0 Å². The van der Waals surface area contributed by atoms with E-state index in [0.717, 1.165) is 16.6 Å². The average molecular weight is 265 g/mol. The molecule has 0 amide bonds. The minimum atomic E-state index is -0.426. The highest BCUT2D eigenvalue weighted by molar-refractivity contribution is 5.97. The fourth-order valence-corrected chi connectivity index (χ4v) is 2.07. The molecule has 0 saturated heterocycles. The number of anilines is 2. The van der Waals surface area contributed by atoms with Crippen molar-refractivity contribution >= 4 is 28.0 Å². The lowest BCUT2D eigenvalue weighted by Gasteiger charge is -2.09. The maximum absolute atomic E-state index is 11.2. The van der Waals surface area contributed by atoms with Crippen LogP contribution >= 0.6 is 0 Å². The summed E-state index contributed by atoms with van der Waals surface area (Å²) in [5.74, 6) is 0. The standard InChI is InChI=1S/C15H11N3O2/c19-18(20)14-10-16-13-9-5-4-8-12(13)15(14)17-11-6-2-1-3-7-11/h1-10H,(H,16,17). The minimum Gasteiger partial charge on any atom is -0.349 e. The van der Waals surface area contributed by atoms with Crippen LogP contribution in [0.5, 0.6) is 0 Å². The number of aromatic nitrogens is 1. The highest BCUT2D eigenvalue weighted by atomic mass is 16.6. The van der Waals surface area contributed by atoms with Crippen LogP contribution in [0.15, 0.2) is 60.8 Å². The highest BCUT2D eigenvalue weighted by Gasteiger charge is 2.17. The Balaban J connectivity index is 2.20. The molecule has 1 aromatic heterocycles. The van der Waals surface area contributed by atoms with E-state index in [2.05, 4.69) is 10.3 Å². The van der Waals surface area contributed by atoms with E-state index in [4.69, 9.17) is 0 Å². The molecule has 3 rings (SSSR count). The van der Waals surface area contributed by atoms with Gasteiger partial charge in [-0.25, -0.2) is 4.98 Å². The van der Waals surface area contributed by atoms with Crippen molar-refractivity contribution < 1.29 is 4.92 Å². The summed E-state index contributed by atoms with van der Waals surface area (Å²) in [6.45, 7) is 0. The van der Waals surface area contributed by atoms with Gasteiger partial charge in [0.2, 0.25) is 0 Å². The lowest BCUT2D eigenvalue weighted by Crippen LogP contribution is -1.99. The van der Waals surface area contributed by atoms with Crippen LogP contribution in [-0.4, -0.2) is 9.91 Å². The molecule has 0 fully saturated rings. The quantitative estimate of drug-likeness (QED) is 0.576. The molecule has 5 heteroatoms. The predicted molar refractivity (Wildman–Crippen MR) is 78.1 cm³/mol. The van der Waals surface area contributed by atoms with Crippen LogP contribution in [0.4, 0.5) is 17.1 Å². The number of fused-ring (bicyclic) bond motifs is 1. The molecule has 0 radical (unpaired) electrons. The first kappa shape index (κ1) is 12.1. The second-order valence-electron chi connectivity index (χ2n) is 4.28. The van der Waals surface area contributed by atoms with E-state index in [9.17, 15) is 10.1 Å². The van der Waals surface area contributed by atoms with Crippen LogP contribution in [0.3, 0.4) is 0 Å². The molecule has 0 aliphatic heterocycles. The number of benzene rings is 2. The molecule has 20 heavy (non-hydrogen) atoms. The third-order valence-electron chi connectivity index (χ3n) is 3.00. The third kappa shape index (κ3) is 2.16. The van der Waals surface area contributed by atoms with Crippen molar-refractivity contribution in [1.29, 1.82) is 0 Å². The third-order valence-corrected chi connectivity index (χ3v) is 3.00. The maximum Gasteiger partial charge on any atom is 0.311 e. The second kappa shape index (κ2) is 4.97. The Morgan fingerprint density at radius 3 is 2.45 bits per heavy atom. The molecule has 2 aromatic carbocycles. The Hall–Kier alpha value is -2.95. The van der Waals surface area contributed by atoms with Crippen LogP contribution in [0.1, 0.15) is 0 Å². The molecule has 1 N–H and O–H groups in total. The maximum atomic E-state index is 11.2. The van der Waals surface area contributed by atoms with E-state index in [1.165, 1.54) is 6.20 Å². The van der Waals surface area contributed by atoms with Gasteiger partial charge in [-0.3, -0.25) is 10.1 Å². The SMILES string of the molecule is O=[N+]([O-])c1cnc2ccccc2c1Nc1ccccc1. The lowest BCUT2D eigenvalue weighted by molar-refractivity contribution is -0.384. The Morgan fingerprint density at radius 1 is 1.00 bits per heavy atom. The number of hydrogen-bond donors (Lipinski definition) is 1. The largest absolute Gasteiger partial charge is 0.349 e. The molecule has 0 saturated carbocycles. The molecular weight excluding hydrogens is 254 g/mol. The normalized spacial score (nSPS) is 10.4. The lowest BCUT2D eigenvalue weighted by atomic mass is 10.1. The van der Waals surface area contributed by atoms with E-state index in [1.54, 1.807) is 0 Å². The summed E-state index contributed by atoms with van der Waals surface area (Å²) >= 11 is 0. The van der Waals surface area contributed by atoms with Gasteiger partial charge in [0, 0.05) is 11.1 Å². The van der Waals surface area contributed by atoms with Gasteiger partial charge in [0.1, 0.15) is 11.9 Å². The van der Waals surface area contributed by atoms with Crippen molar-refractivity contribution in [2.45, 2.75) is 0 Å². The summed E-state index contributed by atoms with van der Waals surface area (Å²) in [4.78, 5) is 14.9. The first-order valence-corrected chi connectivity index (χ1v) is 6.10. The second-order valence-corrected chi connectivity index (χ2v) is 4.28. The van der Waals surface area contributed by atoms with E-state index in [1.807, 2.05) is 54.6 Å². The van der Waals surface area contributed by atoms with Gasteiger partial charge < -0.3 is 5.32 Å². The van der Waals surface area contributed by atoms with E-state index < -0.39 is 4.92 Å². The van der Waals surface area contributed by atoms with Gasteiger partial charge in [0.25, 0.3) is 0 Å².